The van der Waals surface area contributed by atoms with Gasteiger partial charge in [0, 0.05) is 6.07 Å². The summed E-state index contributed by atoms with van der Waals surface area (Å²) in [5.74, 6) is 1.60. The number of nitrogens with one attached hydrogen (secondary N) is 1. The Bertz CT molecular complexity index is 620. The molecule has 0 aromatic carbocycles. The summed E-state index contributed by atoms with van der Waals surface area (Å²) in [5, 5.41) is 6.91. The van der Waals surface area contributed by atoms with E-state index in [9.17, 15) is 4.79 Å². The number of aryl methyl sites for hydroxylation is 1. The lowest BCUT2D eigenvalue weighted by atomic mass is 10.1. The third-order valence-corrected chi connectivity index (χ3v) is 4.03. The summed E-state index contributed by atoms with van der Waals surface area (Å²) in [7, 11) is 0. The first-order valence-electron chi connectivity index (χ1n) is 7.63. The van der Waals surface area contributed by atoms with Crippen LogP contribution in [0.5, 0.6) is 0 Å². The molecule has 0 saturated carbocycles. The van der Waals surface area contributed by atoms with Crippen LogP contribution in [-0.4, -0.2) is 29.1 Å². The highest BCUT2D eigenvalue weighted by molar-refractivity contribution is 5.78. The average molecular weight is 303 g/mol. The van der Waals surface area contributed by atoms with Gasteiger partial charge in [-0.15, -0.1) is 0 Å². The molecule has 0 spiro atoms. The van der Waals surface area contributed by atoms with Crippen molar-refractivity contribution < 1.29 is 13.7 Å². The Morgan fingerprint density at radius 1 is 1.59 bits per heavy atom. The zero-order valence-corrected chi connectivity index (χ0v) is 12.9. The predicted octanol–water partition coefficient (Wildman–Crippen LogP) is 2.59. The Morgan fingerprint density at radius 3 is 3.14 bits per heavy atom. The summed E-state index contributed by atoms with van der Waals surface area (Å²) in [6.07, 6.45) is 3.67. The highest BCUT2D eigenvalue weighted by atomic mass is 16.5. The van der Waals surface area contributed by atoms with Crippen LogP contribution in [0.1, 0.15) is 49.1 Å². The van der Waals surface area contributed by atoms with E-state index in [0.29, 0.717) is 6.54 Å². The van der Waals surface area contributed by atoms with Crippen LogP contribution in [0.2, 0.25) is 0 Å². The van der Waals surface area contributed by atoms with E-state index >= 15 is 0 Å². The van der Waals surface area contributed by atoms with Crippen LogP contribution < -0.4 is 5.32 Å². The molecule has 1 fully saturated rings. The van der Waals surface area contributed by atoms with Crippen molar-refractivity contribution in [2.24, 2.45) is 0 Å². The van der Waals surface area contributed by atoms with E-state index < -0.39 is 0 Å². The number of carbonyl (C=O) groups excluding carboxylic acids is 1. The molecule has 118 valence electrons. The lowest BCUT2D eigenvalue weighted by Crippen LogP contribution is -2.37. The fraction of sp³-hybridized carbons (Fsp3) is 0.500. The van der Waals surface area contributed by atoms with Gasteiger partial charge in [-0.1, -0.05) is 5.16 Å². The second-order valence-corrected chi connectivity index (χ2v) is 5.80. The van der Waals surface area contributed by atoms with Crippen molar-refractivity contribution in [2.45, 2.75) is 38.8 Å². The van der Waals surface area contributed by atoms with Crippen LogP contribution in [0.25, 0.3) is 0 Å². The fourth-order valence-corrected chi connectivity index (χ4v) is 2.96. The second kappa shape index (κ2) is 6.36. The van der Waals surface area contributed by atoms with Gasteiger partial charge in [0.2, 0.25) is 5.91 Å². The molecule has 3 rings (SSSR count). The summed E-state index contributed by atoms with van der Waals surface area (Å²) >= 11 is 0. The molecule has 22 heavy (non-hydrogen) atoms. The van der Waals surface area contributed by atoms with Gasteiger partial charge in [-0.05, 0) is 45.4 Å². The molecule has 0 radical (unpaired) electrons. The summed E-state index contributed by atoms with van der Waals surface area (Å²) in [6.45, 7) is 5.07. The van der Waals surface area contributed by atoms with Crippen LogP contribution in [0.3, 0.4) is 0 Å². The number of hydrogen-bond donors (Lipinski definition) is 1. The number of aromatic nitrogens is 1. The summed E-state index contributed by atoms with van der Waals surface area (Å²) in [4.78, 5) is 14.4. The molecule has 1 N–H and O–H groups in total. The summed E-state index contributed by atoms with van der Waals surface area (Å²) < 4.78 is 10.7. The van der Waals surface area contributed by atoms with Gasteiger partial charge >= 0.3 is 0 Å². The third-order valence-electron chi connectivity index (χ3n) is 4.03. The van der Waals surface area contributed by atoms with Crippen molar-refractivity contribution in [3.63, 3.8) is 0 Å². The van der Waals surface area contributed by atoms with Crippen molar-refractivity contribution in [3.05, 3.63) is 41.7 Å². The van der Waals surface area contributed by atoms with E-state index in [-0.39, 0.29) is 18.0 Å². The van der Waals surface area contributed by atoms with Gasteiger partial charge in [-0.3, -0.25) is 9.69 Å². The Balaban J connectivity index is 1.58. The number of rotatable bonds is 5. The van der Waals surface area contributed by atoms with Crippen LogP contribution in [0.4, 0.5) is 0 Å². The largest absolute Gasteiger partial charge is 0.467 e. The molecule has 0 unspecified atom stereocenters. The number of nitrogens with zero attached hydrogens (tertiary/aromatic N) is 2. The molecule has 0 bridgehead atoms. The van der Waals surface area contributed by atoms with E-state index in [4.69, 9.17) is 8.94 Å². The van der Waals surface area contributed by atoms with E-state index in [1.807, 2.05) is 32.0 Å². The molecule has 6 nitrogen and oxygen atoms in total. The third kappa shape index (κ3) is 3.22. The smallest absolute Gasteiger partial charge is 0.234 e. The Hall–Kier alpha value is -2.08. The van der Waals surface area contributed by atoms with Crippen LogP contribution in [0.15, 0.2) is 33.4 Å². The maximum absolute atomic E-state index is 12.2. The zero-order valence-electron chi connectivity index (χ0n) is 12.9. The molecule has 0 aliphatic carbocycles. The van der Waals surface area contributed by atoms with Crippen molar-refractivity contribution >= 4 is 5.91 Å². The molecular formula is C16H21N3O3. The zero-order chi connectivity index (χ0) is 15.5. The molecule has 2 aromatic rings. The number of hydrogen-bond acceptors (Lipinski definition) is 5. The first kappa shape index (κ1) is 14.8. The molecule has 1 saturated heterocycles. The molecule has 1 aliphatic heterocycles. The lowest BCUT2D eigenvalue weighted by Gasteiger charge is -2.22. The second-order valence-electron chi connectivity index (χ2n) is 5.80. The molecular weight excluding hydrogens is 282 g/mol. The highest BCUT2D eigenvalue weighted by Crippen LogP contribution is 2.31. The minimum absolute atomic E-state index is 0.00737. The molecule has 2 aromatic heterocycles. The SMILES string of the molecule is Cc1cc([C@H]2CCCN2CC(=O)N[C@@H](C)c2ccco2)on1. The first-order chi connectivity index (χ1) is 10.6. The Labute approximate surface area is 129 Å². The quantitative estimate of drug-likeness (QED) is 0.919. The van der Waals surface area contributed by atoms with Crippen molar-refractivity contribution in [1.82, 2.24) is 15.4 Å². The van der Waals surface area contributed by atoms with E-state index in [0.717, 1.165) is 36.6 Å². The lowest BCUT2D eigenvalue weighted by molar-refractivity contribution is -0.123. The number of furan rings is 1. The van der Waals surface area contributed by atoms with Crippen molar-refractivity contribution in [1.29, 1.82) is 0 Å². The maximum Gasteiger partial charge on any atom is 0.234 e. The highest BCUT2D eigenvalue weighted by Gasteiger charge is 2.30. The Kier molecular flexibility index (Phi) is 4.29. The first-order valence-corrected chi connectivity index (χ1v) is 7.63. The fourth-order valence-electron chi connectivity index (χ4n) is 2.96. The molecule has 1 amide bonds. The Morgan fingerprint density at radius 2 is 2.45 bits per heavy atom. The van der Waals surface area contributed by atoms with Gasteiger partial charge in [-0.25, -0.2) is 0 Å². The average Bonchev–Trinajstić information content (AvgIpc) is 3.18. The van der Waals surface area contributed by atoms with Crippen LogP contribution in [-0.2, 0) is 4.79 Å². The number of amides is 1. The van der Waals surface area contributed by atoms with Gasteiger partial charge in [0.1, 0.15) is 5.76 Å². The van der Waals surface area contributed by atoms with Gasteiger partial charge in [-0.2, -0.15) is 0 Å². The summed E-state index contributed by atoms with van der Waals surface area (Å²) in [5.41, 5.74) is 0.873. The maximum atomic E-state index is 12.2. The van der Waals surface area contributed by atoms with E-state index in [2.05, 4.69) is 15.4 Å². The molecule has 2 atom stereocenters. The monoisotopic (exact) mass is 303 g/mol. The topological polar surface area (TPSA) is 71.5 Å². The normalized spacial score (nSPS) is 20.2. The molecule has 1 aliphatic rings. The van der Waals surface area contributed by atoms with Gasteiger partial charge < -0.3 is 14.3 Å². The predicted molar refractivity (Wildman–Crippen MR) is 80.1 cm³/mol. The summed E-state index contributed by atoms with van der Waals surface area (Å²) in [6, 6.07) is 5.65. The number of likely N-dealkylation sites (tertiary alicyclic amines) is 1. The minimum atomic E-state index is -0.129. The van der Waals surface area contributed by atoms with E-state index in [1.54, 1.807) is 6.26 Å². The van der Waals surface area contributed by atoms with Crippen molar-refractivity contribution in [3.8, 4) is 0 Å². The van der Waals surface area contributed by atoms with E-state index in [1.165, 1.54) is 0 Å². The standard InChI is InChI=1S/C16H21N3O3/c1-11-9-15(22-18-11)13-5-3-7-19(13)10-16(20)17-12(2)14-6-4-8-21-14/h4,6,8-9,12-13H,3,5,7,10H2,1-2H3,(H,17,20)/t12-,13+/m0/s1. The van der Waals surface area contributed by atoms with Gasteiger partial charge in [0.25, 0.3) is 0 Å². The molecule has 6 heteroatoms. The van der Waals surface area contributed by atoms with Crippen LogP contribution in [0, 0.1) is 6.92 Å². The van der Waals surface area contributed by atoms with Gasteiger partial charge in [0.15, 0.2) is 5.76 Å². The molecule has 3 heterocycles. The van der Waals surface area contributed by atoms with Crippen molar-refractivity contribution in [2.75, 3.05) is 13.1 Å². The van der Waals surface area contributed by atoms with Gasteiger partial charge in [0.05, 0.1) is 30.6 Å². The minimum Gasteiger partial charge on any atom is -0.467 e. The van der Waals surface area contributed by atoms with Crippen LogP contribution >= 0.6 is 0 Å². The number of carbonyl (C=O) groups is 1.